The number of sulfone groups is 1. The monoisotopic (exact) mass is 768 g/mol. The highest BCUT2D eigenvalue weighted by atomic mass is 35.5. The SMILES string of the molecule is NC(=O)CC1C=CC=CS1(=O)=O.O=C(CCl)N(OC1CCCCO1)c1cccc(-c2ccc(C3=Cc4ccc5c(c4CC3)CCc3ccccc3-5)s2)c1. The summed E-state index contributed by atoms with van der Waals surface area (Å²) >= 11 is 7.74. The van der Waals surface area contributed by atoms with E-state index in [-0.39, 0.29) is 18.2 Å². The van der Waals surface area contributed by atoms with Crippen LogP contribution in [0.5, 0.6) is 0 Å². The maximum absolute atomic E-state index is 12.7. The number of carbonyl (C=O) groups excluding carboxylic acids is 2. The molecule has 2 unspecified atom stereocenters. The van der Waals surface area contributed by atoms with Gasteiger partial charge in [-0.3, -0.25) is 9.59 Å². The number of hydrogen-bond acceptors (Lipinski definition) is 7. The fraction of sp³-hybridized carbons (Fsp3) is 0.286. The van der Waals surface area contributed by atoms with E-state index >= 15 is 0 Å². The molecule has 8 rings (SSSR count). The number of benzene rings is 3. The highest BCUT2D eigenvalue weighted by Crippen LogP contribution is 2.42. The standard InChI is InChI=1S/C35H32ClNO3S.C7H9NO3S/c36-22-34(38)37(40-35-10-3-4-19-39-35)27-8-5-7-25(21-27)32-17-18-33(41-32)26-13-14-29-24(20-26)12-16-30-28-9-2-1-6-23(28)11-15-31(29)30;8-7(9)5-6-3-1-2-4-12(6,10)11/h1-2,5-9,12,16-18,20-21,35H,3-4,10-11,13-15,19,22H2;1-4,6H,5H2,(H2,8,9). The highest BCUT2D eigenvalue weighted by Gasteiger charge is 2.26. The normalized spacial score (nSPS) is 19.5. The van der Waals surface area contributed by atoms with Gasteiger partial charge < -0.3 is 10.5 Å². The second-order valence-electron chi connectivity index (χ2n) is 13.4. The molecule has 274 valence electrons. The molecule has 0 saturated carbocycles. The predicted molar refractivity (Wildman–Crippen MR) is 213 cm³/mol. The van der Waals surface area contributed by atoms with Crippen molar-refractivity contribution < 1.29 is 27.6 Å². The van der Waals surface area contributed by atoms with Crippen LogP contribution in [0.3, 0.4) is 0 Å². The largest absolute Gasteiger partial charge is 0.370 e. The molecule has 2 amide bonds. The lowest BCUT2D eigenvalue weighted by atomic mass is 9.78. The molecule has 1 fully saturated rings. The summed E-state index contributed by atoms with van der Waals surface area (Å²) in [6.45, 7) is 0.641. The Labute approximate surface area is 319 Å². The van der Waals surface area contributed by atoms with Gasteiger partial charge in [0.1, 0.15) is 5.88 Å². The van der Waals surface area contributed by atoms with E-state index in [2.05, 4.69) is 60.7 Å². The van der Waals surface area contributed by atoms with E-state index in [9.17, 15) is 18.0 Å². The number of nitrogens with two attached hydrogens (primary N) is 1. The number of ether oxygens (including phenoxy) is 1. The summed E-state index contributed by atoms with van der Waals surface area (Å²) in [7, 11) is -3.29. The predicted octanol–water partition coefficient (Wildman–Crippen LogP) is 8.43. The lowest BCUT2D eigenvalue weighted by Crippen LogP contribution is -2.38. The number of allylic oxidation sites excluding steroid dienone is 3. The number of hydroxylamine groups is 1. The van der Waals surface area contributed by atoms with E-state index in [1.807, 2.05) is 18.2 Å². The molecule has 3 heterocycles. The van der Waals surface area contributed by atoms with Gasteiger partial charge in [-0.2, -0.15) is 5.06 Å². The Morgan fingerprint density at radius 3 is 2.53 bits per heavy atom. The number of hydrogen-bond donors (Lipinski definition) is 1. The number of halogens is 1. The number of nitrogens with zero attached hydrogens (tertiary/aromatic N) is 1. The summed E-state index contributed by atoms with van der Waals surface area (Å²) in [5.74, 6) is -1.07. The molecule has 0 bridgehead atoms. The number of carbonyl (C=O) groups is 2. The van der Waals surface area contributed by atoms with Crippen LogP contribution in [0, 0.1) is 0 Å². The zero-order chi connectivity index (χ0) is 37.0. The fourth-order valence-electron chi connectivity index (χ4n) is 7.27. The van der Waals surface area contributed by atoms with Crippen LogP contribution < -0.4 is 10.8 Å². The van der Waals surface area contributed by atoms with Crippen LogP contribution in [-0.4, -0.2) is 44.3 Å². The minimum Gasteiger partial charge on any atom is -0.370 e. The first-order valence-electron chi connectivity index (χ1n) is 17.9. The minimum absolute atomic E-state index is 0.150. The van der Waals surface area contributed by atoms with Crippen molar-refractivity contribution >= 4 is 61.9 Å². The molecule has 4 aromatic rings. The van der Waals surface area contributed by atoms with Gasteiger partial charge in [0.15, 0.2) is 16.1 Å². The average molecular weight is 769 g/mol. The number of amides is 2. The van der Waals surface area contributed by atoms with Crippen molar-refractivity contribution in [1.82, 2.24) is 0 Å². The van der Waals surface area contributed by atoms with E-state index in [1.54, 1.807) is 17.4 Å². The molecule has 0 radical (unpaired) electrons. The average Bonchev–Trinajstić information content (AvgIpc) is 3.68. The fourth-order valence-corrected chi connectivity index (χ4v) is 9.64. The van der Waals surface area contributed by atoms with Crippen molar-refractivity contribution in [3.63, 3.8) is 0 Å². The van der Waals surface area contributed by atoms with Gasteiger partial charge in [0.2, 0.25) is 5.91 Å². The van der Waals surface area contributed by atoms with E-state index in [4.69, 9.17) is 26.9 Å². The van der Waals surface area contributed by atoms with Gasteiger partial charge in [0.05, 0.1) is 10.9 Å². The Morgan fingerprint density at radius 2 is 1.74 bits per heavy atom. The van der Waals surface area contributed by atoms with E-state index < -0.39 is 27.3 Å². The Balaban J connectivity index is 0.000000310. The van der Waals surface area contributed by atoms with Crippen molar-refractivity contribution in [2.24, 2.45) is 5.73 Å². The highest BCUT2D eigenvalue weighted by molar-refractivity contribution is 7.95. The summed E-state index contributed by atoms with van der Waals surface area (Å²) in [5, 5.41) is 1.61. The molecule has 1 aromatic heterocycles. The van der Waals surface area contributed by atoms with E-state index in [0.717, 1.165) is 60.8 Å². The molecular weight excluding hydrogens is 728 g/mol. The Morgan fingerprint density at radius 1 is 0.906 bits per heavy atom. The van der Waals surface area contributed by atoms with Gasteiger partial charge in [-0.25, -0.2) is 13.3 Å². The zero-order valence-corrected chi connectivity index (χ0v) is 31.6. The third-order valence-corrected chi connectivity index (χ3v) is 13.1. The lowest BCUT2D eigenvalue weighted by molar-refractivity contribution is -0.176. The number of fused-ring (bicyclic) bond motifs is 5. The maximum Gasteiger partial charge on any atom is 0.265 e. The molecule has 2 aliphatic heterocycles. The molecule has 53 heavy (non-hydrogen) atoms. The van der Waals surface area contributed by atoms with Crippen molar-refractivity contribution in [2.75, 3.05) is 17.6 Å². The number of anilines is 1. The number of thiophene rings is 1. The van der Waals surface area contributed by atoms with Crippen molar-refractivity contribution in [3.8, 4) is 21.6 Å². The molecule has 8 nitrogen and oxygen atoms in total. The van der Waals surface area contributed by atoms with Crippen LogP contribution in [0.2, 0.25) is 0 Å². The summed E-state index contributed by atoms with van der Waals surface area (Å²) in [4.78, 5) is 31.6. The molecule has 0 spiro atoms. The van der Waals surface area contributed by atoms with Gasteiger partial charge in [-0.15, -0.1) is 22.9 Å². The Hall–Kier alpha value is -4.32. The molecule has 3 aromatic carbocycles. The first kappa shape index (κ1) is 37.0. The van der Waals surface area contributed by atoms with Gasteiger partial charge in [-0.1, -0.05) is 72.8 Å². The van der Waals surface area contributed by atoms with Crippen LogP contribution in [0.4, 0.5) is 5.69 Å². The molecule has 1 saturated heterocycles. The third kappa shape index (κ3) is 8.42. The smallest absolute Gasteiger partial charge is 0.265 e. The second-order valence-corrected chi connectivity index (χ2v) is 16.8. The molecule has 2 aliphatic carbocycles. The molecule has 4 aliphatic rings. The van der Waals surface area contributed by atoms with Gasteiger partial charge in [0.25, 0.3) is 5.91 Å². The topological polar surface area (TPSA) is 116 Å². The minimum atomic E-state index is -3.29. The first-order chi connectivity index (χ1) is 25.7. The van der Waals surface area contributed by atoms with Crippen LogP contribution in [0.1, 0.15) is 59.2 Å². The number of aryl methyl sites for hydroxylation is 1. The zero-order valence-electron chi connectivity index (χ0n) is 29.2. The Kier molecular flexibility index (Phi) is 11.4. The van der Waals surface area contributed by atoms with Gasteiger partial charge in [-0.05, 0) is 107 Å². The van der Waals surface area contributed by atoms with Crippen molar-refractivity contribution in [2.45, 2.75) is 62.9 Å². The van der Waals surface area contributed by atoms with Gasteiger partial charge in [0, 0.05) is 34.6 Å². The summed E-state index contributed by atoms with van der Waals surface area (Å²) in [6, 6.07) is 25.8. The molecule has 2 atom stereocenters. The van der Waals surface area contributed by atoms with Crippen molar-refractivity contribution in [1.29, 1.82) is 0 Å². The molecule has 11 heteroatoms. The maximum atomic E-state index is 12.7. The lowest BCUT2D eigenvalue weighted by Gasteiger charge is -2.29. The van der Waals surface area contributed by atoms with E-state index in [0.29, 0.717) is 12.3 Å². The summed E-state index contributed by atoms with van der Waals surface area (Å²) in [6.07, 6.45) is 13.4. The van der Waals surface area contributed by atoms with Gasteiger partial charge >= 0.3 is 0 Å². The van der Waals surface area contributed by atoms with Crippen LogP contribution in [0.25, 0.3) is 33.2 Å². The van der Waals surface area contributed by atoms with E-state index in [1.165, 1.54) is 61.0 Å². The summed E-state index contributed by atoms with van der Waals surface area (Å²) in [5.41, 5.74) is 16.7. The number of rotatable bonds is 8. The summed E-state index contributed by atoms with van der Waals surface area (Å²) < 4.78 is 28.1. The quantitative estimate of drug-likeness (QED) is 0.142. The van der Waals surface area contributed by atoms with Crippen LogP contribution >= 0.6 is 22.9 Å². The molecular formula is C42H41ClN2O6S2. The van der Waals surface area contributed by atoms with Crippen molar-refractivity contribution in [3.05, 3.63) is 124 Å². The Bertz CT molecular complexity index is 2220. The van der Waals surface area contributed by atoms with Crippen LogP contribution in [0.15, 0.2) is 96.4 Å². The molecule has 2 N–H and O–H groups in total. The van der Waals surface area contributed by atoms with Crippen LogP contribution in [-0.2, 0) is 48.3 Å². The third-order valence-electron chi connectivity index (χ3n) is 9.91. The first-order valence-corrected chi connectivity index (χ1v) is 20.8. The second kappa shape index (κ2) is 16.4. The number of alkyl halides is 1. The number of primary amides is 1.